The van der Waals surface area contributed by atoms with Gasteiger partial charge < -0.3 is 0 Å². The van der Waals surface area contributed by atoms with Crippen LogP contribution in [0.3, 0.4) is 0 Å². The third-order valence-electron chi connectivity index (χ3n) is 3.22. The number of aliphatic imine (C=N–C) groups is 1. The molecular formula is C13H16N2O. The molecule has 0 atom stereocenters. The van der Waals surface area contributed by atoms with E-state index in [-0.39, 0.29) is 0 Å². The van der Waals surface area contributed by atoms with Crippen molar-refractivity contribution in [1.29, 1.82) is 0 Å². The zero-order chi connectivity index (χ0) is 11.2. The van der Waals surface area contributed by atoms with Crippen LogP contribution in [-0.4, -0.2) is 11.1 Å². The Morgan fingerprint density at radius 3 is 2.50 bits per heavy atom. The molecule has 1 saturated carbocycles. The summed E-state index contributed by atoms with van der Waals surface area (Å²) < 4.78 is 0. The minimum Gasteiger partial charge on any atom is -0.259 e. The molecule has 0 N–H and O–H groups in total. The average Bonchev–Trinajstić information content (AvgIpc) is 2.59. The maximum absolute atomic E-state index is 10.1. The highest BCUT2D eigenvalue weighted by Gasteiger charge is 2.15. The van der Waals surface area contributed by atoms with Crippen LogP contribution >= 0.6 is 0 Å². The predicted molar refractivity (Wildman–Crippen MR) is 62.5 cm³/mol. The Morgan fingerprint density at radius 1 is 1.19 bits per heavy atom. The van der Waals surface area contributed by atoms with Crippen LogP contribution in [0.2, 0.25) is 0 Å². The number of aromatic nitrogens is 1. The third kappa shape index (κ3) is 2.77. The zero-order valence-electron chi connectivity index (χ0n) is 9.35. The Bertz CT molecular complexity index is 371. The number of hydrogen-bond donors (Lipinski definition) is 0. The van der Waals surface area contributed by atoms with E-state index in [2.05, 4.69) is 9.98 Å². The van der Waals surface area contributed by atoms with Gasteiger partial charge in [-0.05, 0) is 25.0 Å². The summed E-state index contributed by atoms with van der Waals surface area (Å²) in [5, 5.41) is 0. The van der Waals surface area contributed by atoms with Gasteiger partial charge in [-0.15, -0.1) is 0 Å². The van der Waals surface area contributed by atoms with Gasteiger partial charge in [-0.1, -0.05) is 25.7 Å². The molecule has 0 aromatic carbocycles. The molecule has 1 aliphatic carbocycles. The Kier molecular flexibility index (Phi) is 3.84. The molecule has 0 aliphatic heterocycles. The van der Waals surface area contributed by atoms with Crippen molar-refractivity contribution in [2.24, 2.45) is 4.99 Å². The first kappa shape index (κ1) is 11.0. The summed E-state index contributed by atoms with van der Waals surface area (Å²) in [6, 6.07) is 3.84. The maximum atomic E-state index is 10.1. The molecular weight excluding hydrogens is 200 g/mol. The van der Waals surface area contributed by atoms with Crippen LogP contribution in [-0.2, 0) is 4.79 Å². The number of hydrogen-bond acceptors (Lipinski definition) is 3. The third-order valence-corrected chi connectivity index (χ3v) is 3.22. The molecule has 2 rings (SSSR count). The molecule has 3 heteroatoms. The highest BCUT2D eigenvalue weighted by atomic mass is 16.1. The van der Waals surface area contributed by atoms with E-state index >= 15 is 0 Å². The second-order valence-corrected chi connectivity index (χ2v) is 4.33. The van der Waals surface area contributed by atoms with E-state index in [0.29, 0.717) is 11.6 Å². The molecule has 0 unspecified atom stereocenters. The molecule has 1 aromatic rings. The molecule has 1 fully saturated rings. The van der Waals surface area contributed by atoms with E-state index in [1.54, 1.807) is 6.20 Å². The van der Waals surface area contributed by atoms with Crippen LogP contribution in [0, 0.1) is 0 Å². The lowest BCUT2D eigenvalue weighted by Crippen LogP contribution is -1.99. The van der Waals surface area contributed by atoms with Gasteiger partial charge in [-0.25, -0.2) is 4.79 Å². The quantitative estimate of drug-likeness (QED) is 0.431. The van der Waals surface area contributed by atoms with Crippen molar-refractivity contribution < 1.29 is 4.79 Å². The predicted octanol–water partition coefficient (Wildman–Crippen LogP) is 3.49. The Hall–Kier alpha value is -1.47. The topological polar surface area (TPSA) is 42.3 Å². The van der Waals surface area contributed by atoms with Crippen LogP contribution < -0.4 is 0 Å². The van der Waals surface area contributed by atoms with Crippen LogP contribution in [0.4, 0.5) is 5.69 Å². The van der Waals surface area contributed by atoms with Crippen molar-refractivity contribution in [2.45, 2.75) is 44.4 Å². The molecule has 1 aromatic heterocycles. The van der Waals surface area contributed by atoms with Gasteiger partial charge in [-0.2, -0.15) is 4.99 Å². The number of isocyanates is 1. The first-order valence-electron chi connectivity index (χ1n) is 5.94. The molecule has 1 aliphatic rings. The second-order valence-electron chi connectivity index (χ2n) is 4.33. The van der Waals surface area contributed by atoms with E-state index < -0.39 is 0 Å². The van der Waals surface area contributed by atoms with Crippen molar-refractivity contribution >= 4 is 11.8 Å². The van der Waals surface area contributed by atoms with Crippen LogP contribution in [0.5, 0.6) is 0 Å². The van der Waals surface area contributed by atoms with Gasteiger partial charge in [0.05, 0.1) is 11.9 Å². The van der Waals surface area contributed by atoms with Crippen molar-refractivity contribution in [2.75, 3.05) is 0 Å². The fourth-order valence-electron chi connectivity index (χ4n) is 2.33. The molecule has 84 valence electrons. The lowest BCUT2D eigenvalue weighted by molar-refractivity contribution is 0.565. The summed E-state index contributed by atoms with van der Waals surface area (Å²) in [5.41, 5.74) is 1.74. The van der Waals surface area contributed by atoms with E-state index in [0.717, 1.165) is 5.69 Å². The number of nitrogens with zero attached hydrogens (tertiary/aromatic N) is 2. The fraction of sp³-hybridized carbons (Fsp3) is 0.538. The summed E-state index contributed by atoms with van der Waals surface area (Å²) in [5.74, 6) is 0.594. The monoisotopic (exact) mass is 216 g/mol. The van der Waals surface area contributed by atoms with Crippen molar-refractivity contribution in [3.63, 3.8) is 0 Å². The van der Waals surface area contributed by atoms with Crippen LogP contribution in [0.15, 0.2) is 23.3 Å². The van der Waals surface area contributed by atoms with Gasteiger partial charge in [0, 0.05) is 11.6 Å². The van der Waals surface area contributed by atoms with Gasteiger partial charge in [0.1, 0.15) is 0 Å². The van der Waals surface area contributed by atoms with Gasteiger partial charge in [0.25, 0.3) is 0 Å². The molecule has 0 bridgehead atoms. The summed E-state index contributed by atoms with van der Waals surface area (Å²) in [4.78, 5) is 18.0. The summed E-state index contributed by atoms with van der Waals surface area (Å²) in [6.45, 7) is 0. The number of pyridine rings is 1. The highest BCUT2D eigenvalue weighted by molar-refractivity contribution is 5.47. The highest BCUT2D eigenvalue weighted by Crippen LogP contribution is 2.30. The average molecular weight is 216 g/mol. The normalized spacial score (nSPS) is 17.5. The zero-order valence-corrected chi connectivity index (χ0v) is 9.35. The SMILES string of the molecule is O=C=Nc1ccc(C2CCCCCC2)nc1. The summed E-state index contributed by atoms with van der Waals surface area (Å²) >= 11 is 0. The molecule has 0 radical (unpaired) electrons. The smallest absolute Gasteiger partial charge is 0.240 e. The molecule has 1 heterocycles. The Labute approximate surface area is 95.6 Å². The standard InChI is InChI=1S/C13H16N2O/c16-10-15-12-7-8-13(14-9-12)11-5-3-1-2-4-6-11/h7-9,11H,1-6H2. The molecule has 3 nitrogen and oxygen atoms in total. The first-order valence-corrected chi connectivity index (χ1v) is 5.94. The van der Waals surface area contributed by atoms with Crippen molar-refractivity contribution in [3.8, 4) is 0 Å². The Balaban J connectivity index is 2.10. The summed E-state index contributed by atoms with van der Waals surface area (Å²) in [6.07, 6.45) is 11.0. The lowest BCUT2D eigenvalue weighted by atomic mass is 9.96. The van der Waals surface area contributed by atoms with E-state index in [1.807, 2.05) is 12.1 Å². The Morgan fingerprint density at radius 2 is 1.94 bits per heavy atom. The van der Waals surface area contributed by atoms with Crippen LogP contribution in [0.1, 0.15) is 50.1 Å². The molecule has 16 heavy (non-hydrogen) atoms. The van der Waals surface area contributed by atoms with E-state index in [1.165, 1.54) is 44.6 Å². The number of carbonyl (C=O) groups excluding carboxylic acids is 1. The summed E-state index contributed by atoms with van der Waals surface area (Å²) in [7, 11) is 0. The van der Waals surface area contributed by atoms with E-state index in [4.69, 9.17) is 0 Å². The minimum atomic E-state index is 0.590. The van der Waals surface area contributed by atoms with Crippen molar-refractivity contribution in [1.82, 2.24) is 4.98 Å². The van der Waals surface area contributed by atoms with Crippen molar-refractivity contribution in [3.05, 3.63) is 24.0 Å². The lowest BCUT2D eigenvalue weighted by Gasteiger charge is -2.12. The first-order chi connectivity index (χ1) is 7.90. The minimum absolute atomic E-state index is 0.590. The molecule has 0 saturated heterocycles. The molecule has 0 amide bonds. The van der Waals surface area contributed by atoms with Gasteiger partial charge >= 0.3 is 0 Å². The van der Waals surface area contributed by atoms with Gasteiger partial charge in [0.15, 0.2) is 0 Å². The largest absolute Gasteiger partial charge is 0.259 e. The number of rotatable bonds is 2. The maximum Gasteiger partial charge on any atom is 0.240 e. The van der Waals surface area contributed by atoms with Gasteiger partial charge in [0.2, 0.25) is 6.08 Å². The fourth-order valence-corrected chi connectivity index (χ4v) is 2.33. The van der Waals surface area contributed by atoms with E-state index in [9.17, 15) is 4.79 Å². The van der Waals surface area contributed by atoms with Gasteiger partial charge in [-0.3, -0.25) is 4.98 Å². The van der Waals surface area contributed by atoms with Crippen LogP contribution in [0.25, 0.3) is 0 Å². The molecule has 0 spiro atoms. The second kappa shape index (κ2) is 5.57.